The zero-order chi connectivity index (χ0) is 14.0. The Bertz CT molecular complexity index is 563. The quantitative estimate of drug-likeness (QED) is 0.751. The topological polar surface area (TPSA) is 81.2 Å². The highest BCUT2D eigenvalue weighted by Crippen LogP contribution is 2.31. The number of nitrogens with zero attached hydrogens (tertiary/aromatic N) is 3. The molecule has 1 aliphatic carbocycles. The zero-order valence-corrected chi connectivity index (χ0v) is 12.5. The second-order valence-corrected chi connectivity index (χ2v) is 6.97. The van der Waals surface area contributed by atoms with E-state index in [4.69, 9.17) is 18.0 Å². The molecule has 0 aromatic carbocycles. The van der Waals surface area contributed by atoms with E-state index in [1.807, 2.05) is 6.92 Å². The molecule has 0 spiro atoms. The molecule has 2 N–H and O–H groups in total. The van der Waals surface area contributed by atoms with E-state index in [0.717, 1.165) is 12.8 Å². The molecule has 8 heteroatoms. The number of aryl methyl sites for hydroxylation is 1. The van der Waals surface area contributed by atoms with Gasteiger partial charge < -0.3 is 10.3 Å². The number of sulfonamides is 1. The number of hydrogen-bond acceptors (Lipinski definition) is 4. The maximum absolute atomic E-state index is 12.5. The molecule has 0 radical (unpaired) electrons. The molecule has 1 aromatic heterocycles. The summed E-state index contributed by atoms with van der Waals surface area (Å²) in [6, 6.07) is 0.0751. The highest BCUT2D eigenvalue weighted by molar-refractivity contribution is 7.89. The summed E-state index contributed by atoms with van der Waals surface area (Å²) in [5.74, 6) is 0. The van der Waals surface area contributed by atoms with Gasteiger partial charge in [-0.25, -0.2) is 13.4 Å². The van der Waals surface area contributed by atoms with Crippen LogP contribution in [0.15, 0.2) is 17.6 Å². The Morgan fingerprint density at radius 2 is 2.32 bits per heavy atom. The minimum Gasteiger partial charge on any atom is -0.393 e. The third kappa shape index (κ3) is 3.31. The molecule has 0 bridgehead atoms. The van der Waals surface area contributed by atoms with Crippen molar-refractivity contribution < 1.29 is 8.42 Å². The van der Waals surface area contributed by atoms with Crippen molar-refractivity contribution >= 4 is 27.2 Å². The van der Waals surface area contributed by atoms with E-state index in [1.165, 1.54) is 10.6 Å². The van der Waals surface area contributed by atoms with Crippen molar-refractivity contribution in [3.8, 4) is 0 Å². The van der Waals surface area contributed by atoms with Crippen LogP contribution in [0.4, 0.5) is 0 Å². The lowest BCUT2D eigenvalue weighted by Crippen LogP contribution is -2.35. The molecule has 1 saturated carbocycles. The Balaban J connectivity index is 2.21. The van der Waals surface area contributed by atoms with Gasteiger partial charge in [0.1, 0.15) is 0 Å². The lowest BCUT2D eigenvalue weighted by molar-refractivity contribution is 0.411. The normalized spacial score (nSPS) is 15.9. The van der Waals surface area contributed by atoms with E-state index in [1.54, 1.807) is 10.8 Å². The van der Waals surface area contributed by atoms with Crippen LogP contribution < -0.4 is 5.73 Å². The molecule has 1 aromatic rings. The molecule has 6 nitrogen and oxygen atoms in total. The lowest BCUT2D eigenvalue weighted by atomic mass is 10.4. The van der Waals surface area contributed by atoms with Crippen molar-refractivity contribution in [3.05, 3.63) is 12.5 Å². The largest absolute Gasteiger partial charge is 0.393 e. The average Bonchev–Trinajstić information content (AvgIpc) is 3.05. The van der Waals surface area contributed by atoms with Crippen molar-refractivity contribution in [1.29, 1.82) is 0 Å². The van der Waals surface area contributed by atoms with E-state index >= 15 is 0 Å². The van der Waals surface area contributed by atoms with Crippen LogP contribution >= 0.6 is 12.2 Å². The van der Waals surface area contributed by atoms with Crippen LogP contribution in [-0.2, 0) is 16.6 Å². The molecule has 0 atom stereocenters. The van der Waals surface area contributed by atoms with E-state index in [2.05, 4.69) is 4.98 Å². The fourth-order valence-corrected chi connectivity index (χ4v) is 3.56. The number of nitrogens with two attached hydrogens (primary N) is 1. The summed E-state index contributed by atoms with van der Waals surface area (Å²) in [5, 5.41) is 0.101. The van der Waals surface area contributed by atoms with Crippen LogP contribution in [-0.4, -0.2) is 39.8 Å². The minimum atomic E-state index is -3.54. The third-order valence-corrected chi connectivity index (χ3v) is 5.12. The van der Waals surface area contributed by atoms with E-state index in [0.29, 0.717) is 24.5 Å². The Hall–Kier alpha value is -0.990. The number of imidazole rings is 1. The van der Waals surface area contributed by atoms with Crippen LogP contribution in [0.2, 0.25) is 0 Å². The van der Waals surface area contributed by atoms with Gasteiger partial charge in [0.2, 0.25) is 0 Å². The molecule has 2 rings (SSSR count). The fraction of sp³-hybridized carbons (Fsp3) is 0.636. The molecule has 0 aliphatic heterocycles. The van der Waals surface area contributed by atoms with Crippen LogP contribution in [0.25, 0.3) is 0 Å². The van der Waals surface area contributed by atoms with Gasteiger partial charge in [0.15, 0.2) is 5.03 Å². The Labute approximate surface area is 118 Å². The second-order valence-electron chi connectivity index (χ2n) is 4.61. The Morgan fingerprint density at radius 3 is 2.79 bits per heavy atom. The van der Waals surface area contributed by atoms with Gasteiger partial charge in [-0.3, -0.25) is 0 Å². The van der Waals surface area contributed by atoms with Crippen molar-refractivity contribution in [2.45, 2.75) is 43.8 Å². The fourth-order valence-electron chi connectivity index (χ4n) is 1.85. The Kier molecular flexibility index (Phi) is 4.22. The van der Waals surface area contributed by atoms with Crippen LogP contribution in [0.1, 0.15) is 26.2 Å². The molecule has 0 unspecified atom stereocenters. The molecule has 1 aliphatic rings. The van der Waals surface area contributed by atoms with Gasteiger partial charge >= 0.3 is 0 Å². The second kappa shape index (κ2) is 5.56. The number of hydrogen-bond donors (Lipinski definition) is 1. The highest BCUT2D eigenvalue weighted by atomic mass is 32.2. The monoisotopic (exact) mass is 302 g/mol. The van der Waals surface area contributed by atoms with Crippen molar-refractivity contribution in [1.82, 2.24) is 13.9 Å². The van der Waals surface area contributed by atoms with Gasteiger partial charge in [0.25, 0.3) is 10.0 Å². The first-order chi connectivity index (χ1) is 8.95. The summed E-state index contributed by atoms with van der Waals surface area (Å²) in [5.41, 5.74) is 5.46. The molecular formula is C11H18N4O2S2. The van der Waals surface area contributed by atoms with Gasteiger partial charge in [-0.05, 0) is 19.8 Å². The van der Waals surface area contributed by atoms with Crippen molar-refractivity contribution in [3.63, 3.8) is 0 Å². The first-order valence-electron chi connectivity index (χ1n) is 6.27. The maximum Gasteiger partial charge on any atom is 0.262 e. The summed E-state index contributed by atoms with van der Waals surface area (Å²) >= 11 is 4.82. The highest BCUT2D eigenvalue weighted by Gasteiger charge is 2.38. The first kappa shape index (κ1) is 14.4. The van der Waals surface area contributed by atoms with Crippen LogP contribution in [0, 0.1) is 0 Å². The molecule has 1 fully saturated rings. The van der Waals surface area contributed by atoms with Gasteiger partial charge in [-0.15, -0.1) is 0 Å². The summed E-state index contributed by atoms with van der Waals surface area (Å²) in [7, 11) is -3.54. The predicted octanol–water partition coefficient (Wildman–Crippen LogP) is 0.732. The standard InChI is InChI=1S/C11H18N4O2S2/c1-2-14-7-11(13-8-14)19(16,17)15(9-3-4-9)6-5-10(12)18/h7-9H,2-6H2,1H3,(H2,12,18). The smallest absolute Gasteiger partial charge is 0.262 e. The van der Waals surface area contributed by atoms with Gasteiger partial charge in [-0.1, -0.05) is 12.2 Å². The molecule has 19 heavy (non-hydrogen) atoms. The van der Waals surface area contributed by atoms with Gasteiger partial charge in [0, 0.05) is 31.7 Å². The minimum absolute atomic E-state index is 0.0751. The maximum atomic E-state index is 12.5. The first-order valence-corrected chi connectivity index (χ1v) is 8.12. The van der Waals surface area contributed by atoms with Gasteiger partial charge in [-0.2, -0.15) is 4.31 Å². The molecule has 1 heterocycles. The van der Waals surface area contributed by atoms with Gasteiger partial charge in [0.05, 0.1) is 11.3 Å². The summed E-state index contributed by atoms with van der Waals surface area (Å²) < 4.78 is 28.3. The predicted molar refractivity (Wildman–Crippen MR) is 76.2 cm³/mol. The number of rotatable bonds is 7. The SMILES string of the molecule is CCn1cnc(S(=O)(=O)N(CCC(N)=S)C2CC2)c1. The number of thiocarbonyl (C=S) groups is 1. The number of aromatic nitrogens is 2. The summed E-state index contributed by atoms with van der Waals surface area (Å²) in [6.07, 6.45) is 5.28. The van der Waals surface area contributed by atoms with E-state index < -0.39 is 10.0 Å². The summed E-state index contributed by atoms with van der Waals surface area (Å²) in [6.45, 7) is 2.96. The average molecular weight is 302 g/mol. The van der Waals surface area contributed by atoms with E-state index in [9.17, 15) is 8.42 Å². The molecule has 0 saturated heterocycles. The molecule has 106 valence electrons. The Morgan fingerprint density at radius 1 is 1.63 bits per heavy atom. The van der Waals surface area contributed by atoms with Crippen LogP contribution in [0.5, 0.6) is 0 Å². The summed E-state index contributed by atoms with van der Waals surface area (Å²) in [4.78, 5) is 4.32. The lowest BCUT2D eigenvalue weighted by Gasteiger charge is -2.20. The van der Waals surface area contributed by atoms with Crippen molar-refractivity contribution in [2.75, 3.05) is 6.54 Å². The third-order valence-electron chi connectivity index (χ3n) is 3.08. The van der Waals surface area contributed by atoms with Crippen molar-refractivity contribution in [2.24, 2.45) is 5.73 Å². The molecule has 0 amide bonds. The van der Waals surface area contributed by atoms with Crippen LogP contribution in [0.3, 0.4) is 0 Å². The zero-order valence-electron chi connectivity index (χ0n) is 10.8. The molecular weight excluding hydrogens is 284 g/mol. The van der Waals surface area contributed by atoms with E-state index in [-0.39, 0.29) is 11.1 Å².